The van der Waals surface area contributed by atoms with Gasteiger partial charge in [-0.2, -0.15) is 0 Å². The number of halogens is 2. The quantitative estimate of drug-likeness (QED) is 0.857. The summed E-state index contributed by atoms with van der Waals surface area (Å²) in [5.74, 6) is -0.302. The molecule has 0 radical (unpaired) electrons. The van der Waals surface area contributed by atoms with Crippen LogP contribution in [0.15, 0.2) is 16.6 Å². The molecule has 0 aliphatic rings. The van der Waals surface area contributed by atoms with Crippen LogP contribution in [0.25, 0.3) is 11.0 Å². The molecule has 98 valence electrons. The fraction of sp³-hybridized carbons (Fsp3) is 0.417. The van der Waals surface area contributed by atoms with E-state index in [0.29, 0.717) is 27.9 Å². The molecule has 0 spiro atoms. The van der Waals surface area contributed by atoms with Gasteiger partial charge in [-0.25, -0.2) is 4.39 Å². The standard InChI is InChI=1S/C12H14BrFN2OS/c1-3-17-7(2)6-16-11-4-8(13)9(14)5-10(11)15-12(16)18/h4-5,7H,3,6H2,1-2H3,(H,15,18). The highest BCUT2D eigenvalue weighted by molar-refractivity contribution is 9.10. The molecule has 0 aliphatic carbocycles. The number of nitrogens with zero attached hydrogens (tertiary/aromatic N) is 1. The summed E-state index contributed by atoms with van der Waals surface area (Å²) in [6.07, 6.45) is 0.0597. The predicted molar refractivity (Wildman–Crippen MR) is 75.9 cm³/mol. The lowest BCUT2D eigenvalue weighted by molar-refractivity contribution is 0.0645. The Labute approximate surface area is 118 Å². The van der Waals surface area contributed by atoms with Crippen molar-refractivity contribution in [3.63, 3.8) is 0 Å². The zero-order chi connectivity index (χ0) is 13.3. The number of aromatic amines is 1. The van der Waals surface area contributed by atoms with Crippen LogP contribution in [0, 0.1) is 10.6 Å². The van der Waals surface area contributed by atoms with Crippen molar-refractivity contribution in [3.8, 4) is 0 Å². The Morgan fingerprint density at radius 2 is 2.28 bits per heavy atom. The van der Waals surface area contributed by atoms with E-state index in [1.165, 1.54) is 6.07 Å². The third kappa shape index (κ3) is 2.65. The number of aromatic nitrogens is 2. The summed E-state index contributed by atoms with van der Waals surface area (Å²) in [6.45, 7) is 5.25. The van der Waals surface area contributed by atoms with Crippen LogP contribution < -0.4 is 0 Å². The number of hydrogen-bond donors (Lipinski definition) is 1. The molecule has 0 fully saturated rings. The summed E-state index contributed by atoms with van der Waals surface area (Å²) < 4.78 is 21.9. The van der Waals surface area contributed by atoms with E-state index in [2.05, 4.69) is 20.9 Å². The molecule has 1 unspecified atom stereocenters. The van der Waals surface area contributed by atoms with Crippen molar-refractivity contribution in [3.05, 3.63) is 27.2 Å². The van der Waals surface area contributed by atoms with Gasteiger partial charge in [-0.3, -0.25) is 0 Å². The van der Waals surface area contributed by atoms with Gasteiger partial charge in [-0.05, 0) is 48.1 Å². The van der Waals surface area contributed by atoms with Gasteiger partial charge in [0.25, 0.3) is 0 Å². The van der Waals surface area contributed by atoms with Crippen molar-refractivity contribution >= 4 is 39.2 Å². The second kappa shape index (κ2) is 5.50. The maximum absolute atomic E-state index is 13.4. The highest BCUT2D eigenvalue weighted by Gasteiger charge is 2.11. The largest absolute Gasteiger partial charge is 0.377 e. The summed E-state index contributed by atoms with van der Waals surface area (Å²) in [6, 6.07) is 3.17. The van der Waals surface area contributed by atoms with Crippen LogP contribution in [0.3, 0.4) is 0 Å². The topological polar surface area (TPSA) is 29.9 Å². The fourth-order valence-corrected chi connectivity index (χ4v) is 2.54. The van der Waals surface area contributed by atoms with E-state index in [1.54, 1.807) is 6.07 Å². The first kappa shape index (κ1) is 13.7. The Balaban J connectivity index is 2.47. The first-order chi connectivity index (χ1) is 8.52. The molecule has 1 aromatic heterocycles. The zero-order valence-corrected chi connectivity index (χ0v) is 12.6. The molecule has 1 atom stereocenters. The van der Waals surface area contributed by atoms with Gasteiger partial charge in [0.05, 0.1) is 28.2 Å². The van der Waals surface area contributed by atoms with Gasteiger partial charge in [-0.15, -0.1) is 0 Å². The van der Waals surface area contributed by atoms with E-state index >= 15 is 0 Å². The number of fused-ring (bicyclic) bond motifs is 1. The highest BCUT2D eigenvalue weighted by Crippen LogP contribution is 2.23. The minimum atomic E-state index is -0.302. The second-order valence-corrected chi connectivity index (χ2v) is 5.33. The summed E-state index contributed by atoms with van der Waals surface area (Å²) in [7, 11) is 0. The summed E-state index contributed by atoms with van der Waals surface area (Å²) in [5.41, 5.74) is 1.57. The van der Waals surface area contributed by atoms with Crippen molar-refractivity contribution in [1.82, 2.24) is 9.55 Å². The molecular weight excluding hydrogens is 319 g/mol. The van der Waals surface area contributed by atoms with E-state index < -0.39 is 0 Å². The molecule has 18 heavy (non-hydrogen) atoms. The van der Waals surface area contributed by atoms with Crippen molar-refractivity contribution < 1.29 is 9.13 Å². The lowest BCUT2D eigenvalue weighted by Gasteiger charge is -2.13. The number of hydrogen-bond acceptors (Lipinski definition) is 2. The second-order valence-electron chi connectivity index (χ2n) is 4.09. The average molecular weight is 333 g/mol. The maximum Gasteiger partial charge on any atom is 0.178 e. The molecule has 3 nitrogen and oxygen atoms in total. The Kier molecular flexibility index (Phi) is 4.19. The van der Waals surface area contributed by atoms with Crippen molar-refractivity contribution in [1.29, 1.82) is 0 Å². The van der Waals surface area contributed by atoms with Crippen LogP contribution in [0.1, 0.15) is 13.8 Å². The van der Waals surface area contributed by atoms with E-state index in [4.69, 9.17) is 17.0 Å². The number of rotatable bonds is 4. The van der Waals surface area contributed by atoms with Crippen LogP contribution >= 0.6 is 28.1 Å². The summed E-state index contributed by atoms with van der Waals surface area (Å²) in [4.78, 5) is 3.00. The minimum Gasteiger partial charge on any atom is -0.377 e. The molecule has 0 saturated carbocycles. The third-order valence-electron chi connectivity index (χ3n) is 2.71. The van der Waals surface area contributed by atoms with Crippen LogP contribution in [0.5, 0.6) is 0 Å². The number of benzene rings is 1. The van der Waals surface area contributed by atoms with E-state index in [1.807, 2.05) is 18.4 Å². The molecule has 0 bridgehead atoms. The van der Waals surface area contributed by atoms with E-state index in [-0.39, 0.29) is 11.9 Å². The molecule has 1 N–H and O–H groups in total. The van der Waals surface area contributed by atoms with Gasteiger partial charge in [0, 0.05) is 12.7 Å². The van der Waals surface area contributed by atoms with Gasteiger partial charge in [0.1, 0.15) is 5.82 Å². The number of H-pyrrole nitrogens is 1. The molecule has 1 heterocycles. The Bertz CT molecular complexity index is 622. The van der Waals surface area contributed by atoms with E-state index in [9.17, 15) is 4.39 Å². The fourth-order valence-electron chi connectivity index (χ4n) is 1.93. The lowest BCUT2D eigenvalue weighted by atomic mass is 10.3. The average Bonchev–Trinajstić information content (AvgIpc) is 2.57. The number of nitrogens with one attached hydrogen (secondary N) is 1. The zero-order valence-electron chi connectivity index (χ0n) is 10.2. The molecule has 2 rings (SSSR count). The minimum absolute atomic E-state index is 0.0597. The lowest BCUT2D eigenvalue weighted by Crippen LogP contribution is -2.16. The van der Waals surface area contributed by atoms with Crippen molar-refractivity contribution in [2.24, 2.45) is 0 Å². The molecule has 1 aromatic carbocycles. The first-order valence-corrected chi connectivity index (χ1v) is 6.92. The summed E-state index contributed by atoms with van der Waals surface area (Å²) >= 11 is 8.45. The van der Waals surface area contributed by atoms with Gasteiger partial charge in [-0.1, -0.05) is 0 Å². The van der Waals surface area contributed by atoms with Crippen LogP contribution in [0.2, 0.25) is 0 Å². The SMILES string of the molecule is CCOC(C)Cn1c(=S)[nH]c2cc(F)c(Br)cc21. The van der Waals surface area contributed by atoms with Crippen molar-refractivity contribution in [2.45, 2.75) is 26.5 Å². The number of imidazole rings is 1. The first-order valence-electron chi connectivity index (χ1n) is 5.72. The Morgan fingerprint density at radius 1 is 1.56 bits per heavy atom. The van der Waals surface area contributed by atoms with Crippen molar-refractivity contribution in [2.75, 3.05) is 6.61 Å². The smallest absolute Gasteiger partial charge is 0.178 e. The van der Waals surface area contributed by atoms with E-state index in [0.717, 1.165) is 5.52 Å². The van der Waals surface area contributed by atoms with Crippen LogP contribution in [0.4, 0.5) is 4.39 Å². The molecule has 0 aliphatic heterocycles. The van der Waals surface area contributed by atoms with Gasteiger partial charge >= 0.3 is 0 Å². The molecule has 2 aromatic rings. The van der Waals surface area contributed by atoms with Crippen LogP contribution in [-0.4, -0.2) is 22.3 Å². The molecule has 6 heteroatoms. The van der Waals surface area contributed by atoms with Gasteiger partial charge in [0.2, 0.25) is 0 Å². The highest BCUT2D eigenvalue weighted by atomic mass is 79.9. The van der Waals surface area contributed by atoms with Gasteiger partial charge in [0.15, 0.2) is 4.77 Å². The Morgan fingerprint density at radius 3 is 2.94 bits per heavy atom. The van der Waals surface area contributed by atoms with Gasteiger partial charge < -0.3 is 14.3 Å². The normalized spacial score (nSPS) is 13.1. The molecule has 0 saturated heterocycles. The number of ether oxygens (including phenoxy) is 1. The molecular formula is C12H14BrFN2OS. The Hall–Kier alpha value is -0.720. The van der Waals surface area contributed by atoms with Crippen LogP contribution in [-0.2, 0) is 11.3 Å². The monoisotopic (exact) mass is 332 g/mol. The predicted octanol–water partition coefficient (Wildman–Crippen LogP) is 4.03. The summed E-state index contributed by atoms with van der Waals surface area (Å²) in [5, 5.41) is 0. The molecule has 0 amide bonds. The maximum atomic E-state index is 13.4. The third-order valence-corrected chi connectivity index (χ3v) is 3.64.